The molecule has 7 heteroatoms. The Labute approximate surface area is 143 Å². The number of carboxylic acid groups (broad SMARTS) is 1. The minimum atomic E-state index is -1.08. The Hall–Kier alpha value is -2.25. The van der Waals surface area contributed by atoms with E-state index >= 15 is 0 Å². The Balaban J connectivity index is 2.09. The second-order valence-corrected chi connectivity index (χ2v) is 6.72. The molecule has 3 aromatic rings. The molecule has 0 saturated heterocycles. The number of hydrogen-bond donors (Lipinski definition) is 1. The van der Waals surface area contributed by atoms with Gasteiger partial charge >= 0.3 is 5.97 Å². The molecule has 0 unspecified atom stereocenters. The van der Waals surface area contributed by atoms with Gasteiger partial charge in [-0.2, -0.15) is 0 Å². The third-order valence-electron chi connectivity index (χ3n) is 3.19. The monoisotopic (exact) mass is 390 g/mol. The van der Waals surface area contributed by atoms with Crippen LogP contribution in [0.5, 0.6) is 0 Å². The quantitative estimate of drug-likeness (QED) is 0.739. The van der Waals surface area contributed by atoms with Gasteiger partial charge in [0.25, 0.3) is 5.56 Å². The van der Waals surface area contributed by atoms with E-state index in [4.69, 9.17) is 5.11 Å². The van der Waals surface area contributed by atoms with Gasteiger partial charge in [0.1, 0.15) is 9.35 Å². The Bertz CT molecular complexity index is 1000. The molecule has 0 spiro atoms. The second-order valence-electron chi connectivity index (χ2n) is 4.92. The second kappa shape index (κ2) is 6.10. The average Bonchev–Trinajstić information content (AvgIpc) is 2.94. The summed E-state index contributed by atoms with van der Waals surface area (Å²) in [6, 6.07) is 7.93. The molecule has 0 saturated carbocycles. The van der Waals surface area contributed by atoms with E-state index in [9.17, 15) is 9.59 Å². The van der Waals surface area contributed by atoms with Gasteiger partial charge in [0.15, 0.2) is 4.96 Å². The van der Waals surface area contributed by atoms with Crippen molar-refractivity contribution in [3.05, 3.63) is 67.0 Å². The molecule has 2 heterocycles. The van der Waals surface area contributed by atoms with Crippen LogP contribution in [-0.4, -0.2) is 20.5 Å². The van der Waals surface area contributed by atoms with E-state index < -0.39 is 5.97 Å². The normalized spacial score (nSPS) is 11.4. The summed E-state index contributed by atoms with van der Waals surface area (Å²) in [5.74, 6) is -1.08. The third-order valence-corrected chi connectivity index (χ3v) is 4.90. The van der Waals surface area contributed by atoms with Crippen LogP contribution in [-0.2, 0) is 0 Å². The lowest BCUT2D eigenvalue weighted by atomic mass is 10.1. The molecule has 0 atom stereocenters. The molecule has 2 aromatic heterocycles. The van der Waals surface area contributed by atoms with Crippen LogP contribution in [0.15, 0.2) is 39.7 Å². The molecule has 116 valence electrons. The zero-order valence-electron chi connectivity index (χ0n) is 12.0. The largest absolute Gasteiger partial charge is 0.477 e. The highest BCUT2D eigenvalue weighted by molar-refractivity contribution is 9.10. The number of carbonyl (C=O) groups is 1. The van der Waals surface area contributed by atoms with Crippen molar-refractivity contribution in [1.82, 2.24) is 9.38 Å². The molecule has 0 radical (unpaired) electrons. The van der Waals surface area contributed by atoms with Crippen molar-refractivity contribution >= 4 is 50.3 Å². The van der Waals surface area contributed by atoms with E-state index in [2.05, 4.69) is 20.9 Å². The number of thiazole rings is 1. The van der Waals surface area contributed by atoms with Crippen LogP contribution in [0.1, 0.15) is 26.5 Å². The van der Waals surface area contributed by atoms with E-state index in [0.29, 0.717) is 15.1 Å². The van der Waals surface area contributed by atoms with Gasteiger partial charge in [-0.15, -0.1) is 0 Å². The third kappa shape index (κ3) is 3.11. The van der Waals surface area contributed by atoms with Crippen molar-refractivity contribution in [2.75, 3.05) is 0 Å². The van der Waals surface area contributed by atoms with Crippen LogP contribution in [0.25, 0.3) is 17.1 Å². The summed E-state index contributed by atoms with van der Waals surface area (Å²) >= 11 is 4.21. The summed E-state index contributed by atoms with van der Waals surface area (Å²) in [6.45, 7) is 2.00. The molecule has 5 nitrogen and oxygen atoms in total. The van der Waals surface area contributed by atoms with Crippen molar-refractivity contribution in [2.45, 2.75) is 6.92 Å². The van der Waals surface area contributed by atoms with Gasteiger partial charge in [-0.3, -0.25) is 9.20 Å². The lowest BCUT2D eigenvalue weighted by Crippen LogP contribution is -2.15. The Morgan fingerprint density at radius 2 is 2.17 bits per heavy atom. The van der Waals surface area contributed by atoms with Crippen molar-refractivity contribution in [3.8, 4) is 0 Å². The maximum atomic E-state index is 12.3. The number of carboxylic acids is 1. The van der Waals surface area contributed by atoms with Gasteiger partial charge in [-0.1, -0.05) is 47.2 Å². The van der Waals surface area contributed by atoms with Crippen LogP contribution < -0.4 is 5.56 Å². The van der Waals surface area contributed by atoms with Gasteiger partial charge in [0.05, 0.1) is 5.69 Å². The minimum Gasteiger partial charge on any atom is -0.477 e. The number of aromatic nitrogens is 2. The van der Waals surface area contributed by atoms with Crippen molar-refractivity contribution in [2.24, 2.45) is 0 Å². The number of hydrogen-bond acceptors (Lipinski definition) is 4. The van der Waals surface area contributed by atoms with Gasteiger partial charge in [0.2, 0.25) is 0 Å². The first-order valence-electron chi connectivity index (χ1n) is 6.65. The summed E-state index contributed by atoms with van der Waals surface area (Å²) in [6.07, 6.45) is 4.89. The number of fused-ring (bicyclic) bond motifs is 1. The molecule has 1 aromatic carbocycles. The van der Waals surface area contributed by atoms with Crippen molar-refractivity contribution in [1.29, 1.82) is 0 Å². The molecule has 0 aliphatic heterocycles. The summed E-state index contributed by atoms with van der Waals surface area (Å²) in [4.78, 5) is 28.1. The number of halogens is 1. The van der Waals surface area contributed by atoms with E-state index in [1.807, 2.05) is 37.3 Å². The first-order valence-corrected chi connectivity index (χ1v) is 8.26. The van der Waals surface area contributed by atoms with Crippen LogP contribution >= 0.6 is 27.3 Å². The SMILES string of the molecule is Cc1cccc(C=Cc2nc3sc(C(=O)O)cn3c(=O)c2Br)c1. The number of benzene rings is 1. The van der Waals surface area contributed by atoms with Gasteiger partial charge in [-0.05, 0) is 34.5 Å². The highest BCUT2D eigenvalue weighted by atomic mass is 79.9. The summed E-state index contributed by atoms with van der Waals surface area (Å²) in [5, 5.41) is 9.03. The minimum absolute atomic E-state index is 0.0707. The predicted molar refractivity (Wildman–Crippen MR) is 94.1 cm³/mol. The van der Waals surface area contributed by atoms with Gasteiger partial charge in [-0.25, -0.2) is 9.78 Å². The maximum Gasteiger partial charge on any atom is 0.347 e. The summed E-state index contributed by atoms with van der Waals surface area (Å²) < 4.78 is 1.54. The number of aryl methyl sites for hydroxylation is 1. The molecule has 0 bridgehead atoms. The fourth-order valence-corrected chi connectivity index (χ4v) is 3.33. The van der Waals surface area contributed by atoms with Crippen molar-refractivity contribution in [3.63, 3.8) is 0 Å². The number of aromatic carboxylic acids is 1. The Kier molecular flexibility index (Phi) is 4.14. The first kappa shape index (κ1) is 15.6. The molecule has 0 fully saturated rings. The maximum absolute atomic E-state index is 12.3. The molecule has 1 N–H and O–H groups in total. The van der Waals surface area contributed by atoms with E-state index in [1.54, 1.807) is 6.08 Å². The van der Waals surface area contributed by atoms with E-state index in [-0.39, 0.29) is 10.4 Å². The van der Waals surface area contributed by atoms with Gasteiger partial charge < -0.3 is 5.11 Å². The first-order chi connectivity index (χ1) is 11.0. The lowest BCUT2D eigenvalue weighted by Gasteiger charge is -1.99. The highest BCUT2D eigenvalue weighted by Gasteiger charge is 2.14. The number of rotatable bonds is 3. The molecule has 3 rings (SSSR count). The Morgan fingerprint density at radius 3 is 2.87 bits per heavy atom. The molecule has 23 heavy (non-hydrogen) atoms. The standard InChI is InChI=1S/C16H11BrN2O3S/c1-9-3-2-4-10(7-9)5-6-11-13(17)14(20)19-8-12(15(21)22)23-16(19)18-11/h2-8H,1H3,(H,21,22). The fraction of sp³-hybridized carbons (Fsp3) is 0.0625. The molecule has 0 amide bonds. The molecule has 0 aliphatic carbocycles. The zero-order valence-corrected chi connectivity index (χ0v) is 14.4. The smallest absolute Gasteiger partial charge is 0.347 e. The summed E-state index contributed by atoms with van der Waals surface area (Å²) in [5.41, 5.74) is 2.27. The topological polar surface area (TPSA) is 71.7 Å². The van der Waals surface area contributed by atoms with Crippen LogP contribution in [0.2, 0.25) is 0 Å². The number of nitrogens with zero attached hydrogens (tertiary/aromatic N) is 2. The molecular weight excluding hydrogens is 380 g/mol. The fourth-order valence-electron chi connectivity index (χ4n) is 2.09. The molecule has 0 aliphatic rings. The van der Waals surface area contributed by atoms with Gasteiger partial charge in [0, 0.05) is 6.20 Å². The highest BCUT2D eigenvalue weighted by Crippen LogP contribution is 2.20. The Morgan fingerprint density at radius 1 is 1.39 bits per heavy atom. The lowest BCUT2D eigenvalue weighted by molar-refractivity contribution is 0.0702. The van der Waals surface area contributed by atoms with Crippen LogP contribution in [0.3, 0.4) is 0 Å². The van der Waals surface area contributed by atoms with Crippen LogP contribution in [0, 0.1) is 6.92 Å². The van der Waals surface area contributed by atoms with E-state index in [1.165, 1.54) is 10.6 Å². The predicted octanol–water partition coefficient (Wildman–Crippen LogP) is 3.70. The zero-order chi connectivity index (χ0) is 16.6. The van der Waals surface area contributed by atoms with E-state index in [0.717, 1.165) is 22.5 Å². The average molecular weight is 391 g/mol. The molecular formula is C16H11BrN2O3S. The van der Waals surface area contributed by atoms with Crippen molar-refractivity contribution < 1.29 is 9.90 Å². The summed E-state index contributed by atoms with van der Waals surface area (Å²) in [7, 11) is 0. The van der Waals surface area contributed by atoms with Crippen LogP contribution in [0.4, 0.5) is 0 Å².